The van der Waals surface area contributed by atoms with Crippen LogP contribution in [-0.2, 0) is 4.79 Å². The molecule has 0 unspecified atom stereocenters. The van der Waals surface area contributed by atoms with Gasteiger partial charge in [-0.3, -0.25) is 4.79 Å². The van der Waals surface area contributed by atoms with Crippen LogP contribution in [-0.4, -0.2) is 23.9 Å². The highest BCUT2D eigenvalue weighted by Crippen LogP contribution is 2.20. The summed E-state index contributed by atoms with van der Waals surface area (Å²) in [5.74, 6) is -0.417. The summed E-state index contributed by atoms with van der Waals surface area (Å²) in [6.45, 7) is 7.67. The van der Waals surface area contributed by atoms with E-state index in [0.717, 1.165) is 31.5 Å². The van der Waals surface area contributed by atoms with Crippen LogP contribution < -0.4 is 5.32 Å². The molecule has 4 nitrogen and oxygen atoms in total. The summed E-state index contributed by atoms with van der Waals surface area (Å²) in [4.78, 5) is 14.2. The molecule has 118 valence electrons. The topological polar surface area (TPSA) is 56.1 Å². The number of rotatable bonds is 7. The van der Waals surface area contributed by atoms with E-state index in [-0.39, 0.29) is 5.57 Å². The van der Waals surface area contributed by atoms with Crippen LogP contribution in [0.15, 0.2) is 30.0 Å². The van der Waals surface area contributed by atoms with Crippen molar-refractivity contribution in [2.45, 2.75) is 33.6 Å². The maximum absolute atomic E-state index is 12.2. The fourth-order valence-electron chi connectivity index (χ4n) is 2.01. The van der Waals surface area contributed by atoms with Gasteiger partial charge in [0.05, 0.1) is 0 Å². The van der Waals surface area contributed by atoms with Gasteiger partial charge in [0.2, 0.25) is 0 Å². The van der Waals surface area contributed by atoms with Crippen molar-refractivity contribution in [2.24, 2.45) is 0 Å². The number of hydrogen-bond acceptors (Lipinski definition) is 3. The molecular formula is C17H22ClN3O. The first kappa shape index (κ1) is 18.1. The van der Waals surface area contributed by atoms with Crippen molar-refractivity contribution >= 4 is 23.2 Å². The minimum Gasteiger partial charge on any atom is -0.376 e. The van der Waals surface area contributed by atoms with Gasteiger partial charge >= 0.3 is 0 Å². The lowest BCUT2D eigenvalue weighted by Crippen LogP contribution is -2.22. The van der Waals surface area contributed by atoms with E-state index >= 15 is 0 Å². The first-order chi connectivity index (χ1) is 10.5. The Morgan fingerprint density at radius 2 is 2.00 bits per heavy atom. The van der Waals surface area contributed by atoms with Crippen LogP contribution in [0.3, 0.4) is 0 Å². The standard InChI is InChI=1S/C17H22ClN3O/c1-4-8-21(9-5-2)12-14(11-19)17(22)20-15-7-6-13(3)16(18)10-15/h6-7,10,12H,4-5,8-9H2,1-3H3,(H,20,22)/b14-12-. The summed E-state index contributed by atoms with van der Waals surface area (Å²) < 4.78 is 0. The Bertz CT molecular complexity index is 584. The number of aryl methyl sites for hydroxylation is 1. The molecule has 1 aromatic rings. The van der Waals surface area contributed by atoms with E-state index in [9.17, 15) is 10.1 Å². The number of amides is 1. The van der Waals surface area contributed by atoms with E-state index in [2.05, 4.69) is 19.2 Å². The Hall–Kier alpha value is -1.99. The third-order valence-electron chi connectivity index (χ3n) is 3.13. The second-order valence-corrected chi connectivity index (χ2v) is 5.52. The molecule has 1 aromatic carbocycles. The summed E-state index contributed by atoms with van der Waals surface area (Å²) >= 11 is 6.04. The number of halogens is 1. The highest BCUT2D eigenvalue weighted by Gasteiger charge is 2.12. The van der Waals surface area contributed by atoms with Gasteiger partial charge in [0, 0.05) is 30.0 Å². The lowest BCUT2D eigenvalue weighted by Gasteiger charge is -2.19. The lowest BCUT2D eigenvalue weighted by molar-refractivity contribution is -0.112. The van der Waals surface area contributed by atoms with Crippen molar-refractivity contribution in [3.8, 4) is 6.07 Å². The summed E-state index contributed by atoms with van der Waals surface area (Å²) in [6.07, 6.45) is 3.56. The maximum Gasteiger partial charge on any atom is 0.267 e. The molecule has 0 bridgehead atoms. The number of benzene rings is 1. The zero-order chi connectivity index (χ0) is 16.5. The van der Waals surface area contributed by atoms with Gasteiger partial charge in [0.25, 0.3) is 5.91 Å². The largest absolute Gasteiger partial charge is 0.376 e. The molecule has 0 heterocycles. The van der Waals surface area contributed by atoms with Gasteiger partial charge < -0.3 is 10.2 Å². The monoisotopic (exact) mass is 319 g/mol. The summed E-state index contributed by atoms with van der Waals surface area (Å²) in [5, 5.41) is 12.5. The number of nitrogens with zero attached hydrogens (tertiary/aromatic N) is 2. The van der Waals surface area contributed by atoms with Gasteiger partial charge in [-0.1, -0.05) is 31.5 Å². The molecular weight excluding hydrogens is 298 g/mol. The third kappa shape index (κ3) is 5.42. The highest BCUT2D eigenvalue weighted by atomic mass is 35.5. The zero-order valence-corrected chi connectivity index (χ0v) is 14.1. The van der Waals surface area contributed by atoms with Crippen molar-refractivity contribution in [1.29, 1.82) is 5.26 Å². The first-order valence-corrected chi connectivity index (χ1v) is 7.83. The molecule has 0 aliphatic heterocycles. The van der Waals surface area contributed by atoms with Gasteiger partial charge in [0.1, 0.15) is 11.6 Å². The quantitative estimate of drug-likeness (QED) is 0.607. The van der Waals surface area contributed by atoms with Gasteiger partial charge in [-0.15, -0.1) is 0 Å². The average Bonchev–Trinajstić information content (AvgIpc) is 2.48. The minimum absolute atomic E-state index is 0.0959. The van der Waals surface area contributed by atoms with Crippen LogP contribution in [0.2, 0.25) is 5.02 Å². The molecule has 0 spiro atoms. The fourth-order valence-corrected chi connectivity index (χ4v) is 2.19. The van der Waals surface area contributed by atoms with Crippen molar-refractivity contribution in [3.63, 3.8) is 0 Å². The van der Waals surface area contributed by atoms with Gasteiger partial charge in [0.15, 0.2) is 0 Å². The lowest BCUT2D eigenvalue weighted by atomic mass is 10.2. The zero-order valence-electron chi connectivity index (χ0n) is 13.3. The number of carbonyl (C=O) groups is 1. The first-order valence-electron chi connectivity index (χ1n) is 7.45. The summed E-state index contributed by atoms with van der Waals surface area (Å²) in [6, 6.07) is 7.25. The van der Waals surface area contributed by atoms with Crippen LogP contribution in [0.5, 0.6) is 0 Å². The van der Waals surface area contributed by atoms with E-state index < -0.39 is 5.91 Å². The van der Waals surface area contributed by atoms with Gasteiger partial charge in [-0.2, -0.15) is 5.26 Å². The van der Waals surface area contributed by atoms with Crippen LogP contribution in [0.1, 0.15) is 32.3 Å². The van der Waals surface area contributed by atoms with E-state index in [0.29, 0.717) is 10.7 Å². The molecule has 1 amide bonds. The summed E-state index contributed by atoms with van der Waals surface area (Å²) in [5.41, 5.74) is 1.62. The number of nitrogens with one attached hydrogen (secondary N) is 1. The number of anilines is 1. The Kier molecular flexibility index (Phi) is 7.48. The van der Waals surface area contributed by atoms with Gasteiger partial charge in [-0.25, -0.2) is 0 Å². The molecule has 0 aliphatic rings. The predicted molar refractivity (Wildman–Crippen MR) is 90.7 cm³/mol. The Balaban J connectivity index is 2.87. The normalized spacial score (nSPS) is 11.0. The fraction of sp³-hybridized carbons (Fsp3) is 0.412. The molecule has 0 fully saturated rings. The molecule has 0 saturated heterocycles. The molecule has 0 saturated carbocycles. The molecule has 0 atom stereocenters. The Labute approximate surface area is 137 Å². The van der Waals surface area contributed by atoms with Crippen molar-refractivity contribution in [3.05, 3.63) is 40.6 Å². The SMILES string of the molecule is CCCN(/C=C(/C#N)C(=O)Nc1ccc(C)c(Cl)c1)CCC. The predicted octanol–water partition coefficient (Wildman–Crippen LogP) is 4.12. The van der Waals surface area contributed by atoms with Gasteiger partial charge in [-0.05, 0) is 37.5 Å². The molecule has 0 aromatic heterocycles. The van der Waals surface area contributed by atoms with Crippen LogP contribution in [0.4, 0.5) is 5.69 Å². The van der Waals surface area contributed by atoms with Crippen molar-refractivity contribution < 1.29 is 4.79 Å². The van der Waals surface area contributed by atoms with E-state index in [1.54, 1.807) is 18.3 Å². The second kappa shape index (κ2) is 9.11. The van der Waals surface area contributed by atoms with E-state index in [1.807, 2.05) is 24.0 Å². The van der Waals surface area contributed by atoms with Crippen LogP contribution in [0.25, 0.3) is 0 Å². The minimum atomic E-state index is -0.417. The smallest absolute Gasteiger partial charge is 0.267 e. The average molecular weight is 320 g/mol. The number of hydrogen-bond donors (Lipinski definition) is 1. The van der Waals surface area contributed by atoms with Crippen molar-refractivity contribution in [1.82, 2.24) is 4.90 Å². The Morgan fingerprint density at radius 1 is 1.36 bits per heavy atom. The second-order valence-electron chi connectivity index (χ2n) is 5.11. The maximum atomic E-state index is 12.2. The third-order valence-corrected chi connectivity index (χ3v) is 3.54. The number of carbonyl (C=O) groups excluding carboxylic acids is 1. The molecule has 22 heavy (non-hydrogen) atoms. The summed E-state index contributed by atoms with van der Waals surface area (Å²) in [7, 11) is 0. The van der Waals surface area contributed by atoms with E-state index in [4.69, 9.17) is 11.6 Å². The molecule has 1 rings (SSSR count). The molecule has 0 aliphatic carbocycles. The van der Waals surface area contributed by atoms with Crippen LogP contribution in [0, 0.1) is 18.3 Å². The van der Waals surface area contributed by atoms with Crippen LogP contribution >= 0.6 is 11.6 Å². The highest BCUT2D eigenvalue weighted by molar-refractivity contribution is 6.31. The van der Waals surface area contributed by atoms with Crippen molar-refractivity contribution in [2.75, 3.05) is 18.4 Å². The molecule has 0 radical (unpaired) electrons. The molecule has 1 N–H and O–H groups in total. The molecule has 5 heteroatoms. The van der Waals surface area contributed by atoms with E-state index in [1.165, 1.54) is 0 Å². The Morgan fingerprint density at radius 3 is 2.50 bits per heavy atom. The number of nitriles is 1.